The molecule has 25 heavy (non-hydrogen) atoms. The Hall–Kier alpha value is -1.95. The summed E-state index contributed by atoms with van der Waals surface area (Å²) in [5, 5.41) is 3.06. The summed E-state index contributed by atoms with van der Waals surface area (Å²) in [6, 6.07) is 6.66. The predicted octanol–water partition coefficient (Wildman–Crippen LogP) is 1.56. The van der Waals surface area contributed by atoms with Crippen LogP contribution in [-0.4, -0.2) is 42.9 Å². The third kappa shape index (κ3) is 4.18. The summed E-state index contributed by atoms with van der Waals surface area (Å²) < 4.78 is 13.2. The van der Waals surface area contributed by atoms with Gasteiger partial charge in [-0.05, 0) is 43.5 Å². The zero-order valence-corrected chi connectivity index (χ0v) is 14.5. The molecule has 5 nitrogen and oxygen atoms in total. The summed E-state index contributed by atoms with van der Waals surface area (Å²) in [6.07, 6.45) is 4.99. The molecule has 0 radical (unpaired) electrons. The van der Waals surface area contributed by atoms with Crippen LogP contribution < -0.4 is 11.1 Å². The Morgan fingerprint density at radius 1 is 1.24 bits per heavy atom. The van der Waals surface area contributed by atoms with Crippen LogP contribution in [0.25, 0.3) is 0 Å². The molecule has 1 aromatic carbocycles. The molecule has 136 valence electrons. The van der Waals surface area contributed by atoms with Crippen LogP contribution in [0.15, 0.2) is 24.3 Å². The van der Waals surface area contributed by atoms with Gasteiger partial charge in [-0.2, -0.15) is 0 Å². The summed E-state index contributed by atoms with van der Waals surface area (Å²) in [6.45, 7) is 2.16. The fourth-order valence-electron chi connectivity index (χ4n) is 4.16. The van der Waals surface area contributed by atoms with Gasteiger partial charge in [-0.1, -0.05) is 25.0 Å². The molecular weight excluding hydrogens is 321 g/mol. The fraction of sp³-hybridized carbons (Fsp3) is 0.579. The first kappa shape index (κ1) is 17.9. The molecule has 2 aliphatic rings. The molecule has 6 heteroatoms. The predicted molar refractivity (Wildman–Crippen MR) is 93.3 cm³/mol. The Bertz CT molecular complexity index is 626. The number of hydrogen-bond donors (Lipinski definition) is 2. The minimum atomic E-state index is -0.288. The van der Waals surface area contributed by atoms with E-state index in [0.29, 0.717) is 19.6 Å². The fourth-order valence-corrected chi connectivity index (χ4v) is 4.16. The number of nitrogens with one attached hydrogen (secondary N) is 1. The van der Waals surface area contributed by atoms with Crippen molar-refractivity contribution in [2.45, 2.75) is 37.5 Å². The van der Waals surface area contributed by atoms with Gasteiger partial charge in [0.15, 0.2) is 0 Å². The molecule has 1 aliphatic heterocycles. The highest BCUT2D eigenvalue weighted by Crippen LogP contribution is 2.40. The second-order valence-corrected chi connectivity index (χ2v) is 7.39. The van der Waals surface area contributed by atoms with Crippen molar-refractivity contribution < 1.29 is 14.0 Å². The van der Waals surface area contributed by atoms with Gasteiger partial charge in [-0.25, -0.2) is 4.39 Å². The number of nitrogens with two attached hydrogens (primary N) is 1. The third-order valence-electron chi connectivity index (χ3n) is 5.68. The van der Waals surface area contributed by atoms with E-state index in [2.05, 4.69) is 5.32 Å². The summed E-state index contributed by atoms with van der Waals surface area (Å²) >= 11 is 0. The minimum Gasteiger partial charge on any atom is -0.369 e. The number of carbonyl (C=O) groups is 2. The van der Waals surface area contributed by atoms with Crippen LogP contribution in [0.1, 0.15) is 37.7 Å². The van der Waals surface area contributed by atoms with Crippen LogP contribution >= 0.6 is 0 Å². The topological polar surface area (TPSA) is 75.4 Å². The van der Waals surface area contributed by atoms with Gasteiger partial charge in [0.05, 0.1) is 12.5 Å². The molecule has 0 aromatic heterocycles. The van der Waals surface area contributed by atoms with Crippen molar-refractivity contribution in [2.75, 3.05) is 26.2 Å². The van der Waals surface area contributed by atoms with Gasteiger partial charge in [-0.3, -0.25) is 14.5 Å². The molecule has 0 spiro atoms. The molecule has 1 atom stereocenters. The Labute approximate surface area is 147 Å². The quantitative estimate of drug-likeness (QED) is 0.820. The number of carbonyl (C=O) groups excluding carboxylic acids is 2. The van der Waals surface area contributed by atoms with Gasteiger partial charge in [0.25, 0.3) is 0 Å². The van der Waals surface area contributed by atoms with Gasteiger partial charge in [0.2, 0.25) is 11.8 Å². The molecular formula is C19H26FN3O2. The molecule has 0 bridgehead atoms. The van der Waals surface area contributed by atoms with Crippen LogP contribution in [0.2, 0.25) is 0 Å². The lowest BCUT2D eigenvalue weighted by atomic mass is 9.79. The zero-order chi connectivity index (χ0) is 17.9. The largest absolute Gasteiger partial charge is 0.369 e. The first-order chi connectivity index (χ1) is 12.0. The Morgan fingerprint density at radius 3 is 2.52 bits per heavy atom. The molecule has 1 aromatic rings. The second-order valence-electron chi connectivity index (χ2n) is 7.39. The monoisotopic (exact) mass is 347 g/mol. The van der Waals surface area contributed by atoms with Gasteiger partial charge in [-0.15, -0.1) is 0 Å². The average Bonchev–Trinajstić information content (AvgIpc) is 3.24. The Kier molecular flexibility index (Phi) is 5.37. The molecule has 2 amide bonds. The lowest BCUT2D eigenvalue weighted by molar-refractivity contribution is -0.124. The van der Waals surface area contributed by atoms with Gasteiger partial charge in [0.1, 0.15) is 5.82 Å². The molecule has 1 heterocycles. The summed E-state index contributed by atoms with van der Waals surface area (Å²) in [4.78, 5) is 25.5. The lowest BCUT2D eigenvalue weighted by Crippen LogP contribution is -2.43. The van der Waals surface area contributed by atoms with E-state index in [9.17, 15) is 14.0 Å². The van der Waals surface area contributed by atoms with Crippen molar-refractivity contribution in [1.29, 1.82) is 0 Å². The van der Waals surface area contributed by atoms with E-state index in [0.717, 1.165) is 44.2 Å². The Balaban J connectivity index is 1.56. The molecule has 1 unspecified atom stereocenters. The van der Waals surface area contributed by atoms with Crippen LogP contribution in [-0.2, 0) is 15.0 Å². The number of amides is 2. The third-order valence-corrected chi connectivity index (χ3v) is 5.68. The van der Waals surface area contributed by atoms with E-state index in [1.807, 2.05) is 17.0 Å². The van der Waals surface area contributed by atoms with Crippen molar-refractivity contribution >= 4 is 11.8 Å². The number of halogens is 1. The number of benzene rings is 1. The number of nitrogens with zero attached hydrogens (tertiary/aromatic N) is 1. The molecule has 3 rings (SSSR count). The van der Waals surface area contributed by atoms with Crippen molar-refractivity contribution in [3.63, 3.8) is 0 Å². The van der Waals surface area contributed by atoms with E-state index in [4.69, 9.17) is 5.73 Å². The summed E-state index contributed by atoms with van der Waals surface area (Å²) in [5.41, 5.74) is 6.34. The lowest BCUT2D eigenvalue weighted by Gasteiger charge is -2.30. The minimum absolute atomic E-state index is 0.0292. The normalized spacial score (nSPS) is 22.8. The van der Waals surface area contributed by atoms with Crippen molar-refractivity contribution in [2.24, 2.45) is 11.7 Å². The van der Waals surface area contributed by atoms with Crippen LogP contribution in [0.3, 0.4) is 0 Å². The Morgan fingerprint density at radius 2 is 1.92 bits per heavy atom. The highest BCUT2D eigenvalue weighted by Gasteiger charge is 2.36. The standard InChI is InChI=1S/C19H26FN3O2/c20-16-5-3-15(4-6-16)19(8-1-2-9-19)13-22-17(24)12-23-10-7-14(11-23)18(21)25/h3-6,14H,1-2,7-13H2,(H2,21,25)(H,22,24). The maximum Gasteiger partial charge on any atom is 0.234 e. The highest BCUT2D eigenvalue weighted by atomic mass is 19.1. The second kappa shape index (κ2) is 7.52. The van der Waals surface area contributed by atoms with Gasteiger partial charge < -0.3 is 11.1 Å². The molecule has 1 saturated heterocycles. The number of likely N-dealkylation sites (tertiary alicyclic amines) is 1. The van der Waals surface area contributed by atoms with E-state index in [1.54, 1.807) is 0 Å². The molecule has 1 aliphatic carbocycles. The van der Waals surface area contributed by atoms with E-state index < -0.39 is 0 Å². The van der Waals surface area contributed by atoms with Crippen LogP contribution in [0.4, 0.5) is 4.39 Å². The number of primary amides is 1. The highest BCUT2D eigenvalue weighted by molar-refractivity contribution is 5.79. The number of hydrogen-bond acceptors (Lipinski definition) is 3. The molecule has 2 fully saturated rings. The van der Waals surface area contributed by atoms with Crippen molar-refractivity contribution in [3.8, 4) is 0 Å². The van der Waals surface area contributed by atoms with E-state index >= 15 is 0 Å². The average molecular weight is 347 g/mol. The number of rotatable bonds is 6. The van der Waals surface area contributed by atoms with Gasteiger partial charge >= 0.3 is 0 Å². The van der Waals surface area contributed by atoms with Crippen LogP contribution in [0, 0.1) is 11.7 Å². The molecule has 3 N–H and O–H groups in total. The van der Waals surface area contributed by atoms with E-state index in [1.165, 1.54) is 12.1 Å². The first-order valence-electron chi connectivity index (χ1n) is 9.03. The SMILES string of the molecule is NC(=O)C1CCN(CC(=O)NCC2(c3ccc(F)cc3)CCCC2)C1. The van der Waals surface area contributed by atoms with Crippen LogP contribution in [0.5, 0.6) is 0 Å². The first-order valence-corrected chi connectivity index (χ1v) is 9.03. The maximum atomic E-state index is 13.2. The molecule has 1 saturated carbocycles. The van der Waals surface area contributed by atoms with E-state index in [-0.39, 0.29) is 29.0 Å². The van der Waals surface area contributed by atoms with Crippen molar-refractivity contribution in [1.82, 2.24) is 10.2 Å². The zero-order valence-electron chi connectivity index (χ0n) is 14.5. The summed E-state index contributed by atoms with van der Waals surface area (Å²) in [5.74, 6) is -0.699. The summed E-state index contributed by atoms with van der Waals surface area (Å²) in [7, 11) is 0. The maximum absolute atomic E-state index is 13.2. The van der Waals surface area contributed by atoms with Gasteiger partial charge in [0, 0.05) is 18.5 Å². The van der Waals surface area contributed by atoms with Crippen molar-refractivity contribution in [3.05, 3.63) is 35.6 Å². The smallest absolute Gasteiger partial charge is 0.234 e.